The van der Waals surface area contributed by atoms with Crippen molar-refractivity contribution in [3.63, 3.8) is 0 Å². The van der Waals surface area contributed by atoms with Crippen LogP contribution in [0.4, 0.5) is 0 Å². The number of hydrogen-bond donors (Lipinski definition) is 1. The number of carbonyl (C=O) groups is 1. The van der Waals surface area contributed by atoms with E-state index in [9.17, 15) is 4.79 Å². The van der Waals surface area contributed by atoms with Crippen LogP contribution in [0.2, 0.25) is 0 Å². The predicted molar refractivity (Wildman–Crippen MR) is 83.9 cm³/mol. The zero-order valence-electron chi connectivity index (χ0n) is 13.6. The van der Waals surface area contributed by atoms with Gasteiger partial charge in [-0.15, -0.1) is 0 Å². The highest BCUT2D eigenvalue weighted by Crippen LogP contribution is 2.61. The molecule has 5 rings (SSSR count). The van der Waals surface area contributed by atoms with Crippen molar-refractivity contribution in [3.05, 3.63) is 0 Å². The van der Waals surface area contributed by atoms with E-state index in [-0.39, 0.29) is 0 Å². The van der Waals surface area contributed by atoms with E-state index in [0.717, 1.165) is 37.3 Å². The molecule has 4 saturated carbocycles. The van der Waals surface area contributed by atoms with Gasteiger partial charge >= 0.3 is 0 Å². The van der Waals surface area contributed by atoms with E-state index in [1.54, 1.807) is 0 Å². The molecule has 1 N–H and O–H groups in total. The molecule has 1 saturated heterocycles. The van der Waals surface area contributed by atoms with Gasteiger partial charge in [-0.1, -0.05) is 0 Å². The second kappa shape index (κ2) is 4.97. The smallest absolute Gasteiger partial charge is 0.223 e. The van der Waals surface area contributed by atoms with E-state index in [2.05, 4.69) is 24.1 Å². The van der Waals surface area contributed by atoms with E-state index in [1.807, 2.05) is 0 Å². The molecule has 21 heavy (non-hydrogen) atoms. The molecular weight excluding hydrogens is 260 g/mol. The van der Waals surface area contributed by atoms with Crippen molar-refractivity contribution in [3.8, 4) is 0 Å². The summed E-state index contributed by atoms with van der Waals surface area (Å²) in [5.41, 5.74) is 0.392. The molecule has 0 spiro atoms. The first kappa shape index (κ1) is 14.0. The van der Waals surface area contributed by atoms with Gasteiger partial charge in [0.15, 0.2) is 0 Å². The van der Waals surface area contributed by atoms with Gasteiger partial charge in [0.1, 0.15) is 0 Å². The molecule has 0 radical (unpaired) electrons. The first-order valence-corrected chi connectivity index (χ1v) is 9.05. The summed E-state index contributed by atoms with van der Waals surface area (Å²) in [4.78, 5) is 15.0. The Morgan fingerprint density at radius 2 is 1.48 bits per heavy atom. The van der Waals surface area contributed by atoms with Crippen LogP contribution in [0.1, 0.15) is 58.8 Å². The Morgan fingerprint density at radius 1 is 1.00 bits per heavy atom. The summed E-state index contributed by atoms with van der Waals surface area (Å²) in [5.74, 6) is 3.29. The second-order valence-corrected chi connectivity index (χ2v) is 8.86. The molecule has 0 aromatic heterocycles. The Labute approximate surface area is 128 Å². The minimum atomic E-state index is 0.392. The predicted octanol–water partition coefficient (Wildman–Crippen LogP) is 2.80. The van der Waals surface area contributed by atoms with Crippen molar-refractivity contribution in [2.24, 2.45) is 23.2 Å². The molecule has 1 amide bonds. The van der Waals surface area contributed by atoms with Gasteiger partial charge in [0, 0.05) is 31.6 Å². The molecule has 2 unspecified atom stereocenters. The Kier molecular flexibility index (Phi) is 3.33. The van der Waals surface area contributed by atoms with Crippen molar-refractivity contribution >= 4 is 5.91 Å². The van der Waals surface area contributed by atoms with Crippen LogP contribution in [-0.4, -0.2) is 36.0 Å². The molecule has 1 aliphatic heterocycles. The van der Waals surface area contributed by atoms with Gasteiger partial charge in [0.2, 0.25) is 5.91 Å². The zero-order valence-corrected chi connectivity index (χ0v) is 13.6. The highest BCUT2D eigenvalue weighted by atomic mass is 16.2. The summed E-state index contributed by atoms with van der Waals surface area (Å²) < 4.78 is 0. The Hall–Kier alpha value is -0.570. The number of hydrogen-bond acceptors (Lipinski definition) is 2. The molecule has 4 aliphatic carbocycles. The molecule has 1 heterocycles. The van der Waals surface area contributed by atoms with Crippen molar-refractivity contribution in [1.29, 1.82) is 0 Å². The monoisotopic (exact) mass is 290 g/mol. The number of carbonyl (C=O) groups excluding carboxylic acids is 1. The summed E-state index contributed by atoms with van der Waals surface area (Å²) in [6.07, 6.45) is 9.29. The Balaban J connectivity index is 1.44. The number of piperazine rings is 1. The van der Waals surface area contributed by atoms with E-state index in [0.29, 0.717) is 23.4 Å². The summed E-state index contributed by atoms with van der Waals surface area (Å²) in [6.45, 7) is 6.19. The average Bonchev–Trinajstić information content (AvgIpc) is 2.35. The maximum atomic E-state index is 12.9. The fraction of sp³-hybridized carbons (Fsp3) is 0.944. The third kappa shape index (κ3) is 2.62. The van der Waals surface area contributed by atoms with Crippen molar-refractivity contribution in [2.75, 3.05) is 13.1 Å². The summed E-state index contributed by atoms with van der Waals surface area (Å²) >= 11 is 0. The van der Waals surface area contributed by atoms with E-state index in [4.69, 9.17) is 0 Å². The minimum absolute atomic E-state index is 0.392. The fourth-order valence-electron chi connectivity index (χ4n) is 6.47. The minimum Gasteiger partial charge on any atom is -0.340 e. The molecule has 3 heteroatoms. The first-order chi connectivity index (χ1) is 10.0. The molecule has 3 nitrogen and oxygen atoms in total. The number of nitrogens with one attached hydrogen (secondary N) is 1. The van der Waals surface area contributed by atoms with Crippen LogP contribution in [0.3, 0.4) is 0 Å². The first-order valence-electron chi connectivity index (χ1n) is 9.05. The van der Waals surface area contributed by atoms with Crippen LogP contribution in [0.15, 0.2) is 0 Å². The van der Waals surface area contributed by atoms with Crippen LogP contribution in [0, 0.1) is 23.2 Å². The van der Waals surface area contributed by atoms with E-state index in [1.165, 1.54) is 38.5 Å². The van der Waals surface area contributed by atoms with Crippen molar-refractivity contribution in [1.82, 2.24) is 10.2 Å². The van der Waals surface area contributed by atoms with Crippen LogP contribution < -0.4 is 5.32 Å². The van der Waals surface area contributed by atoms with Gasteiger partial charge in [-0.25, -0.2) is 0 Å². The third-order valence-electron chi connectivity index (χ3n) is 6.60. The Morgan fingerprint density at radius 3 is 1.95 bits per heavy atom. The molecule has 118 valence electrons. The number of amides is 1. The lowest BCUT2D eigenvalue weighted by Crippen LogP contribution is -2.57. The number of rotatable bonds is 2. The van der Waals surface area contributed by atoms with E-state index < -0.39 is 0 Å². The summed E-state index contributed by atoms with van der Waals surface area (Å²) in [6, 6.07) is 0.878. The SMILES string of the molecule is CC1CN(C(=O)CC23CC4CC(CC(C4)C2)C3)CC(C)N1. The summed E-state index contributed by atoms with van der Waals surface area (Å²) in [5, 5.41) is 3.53. The van der Waals surface area contributed by atoms with Crippen LogP contribution in [-0.2, 0) is 4.79 Å². The molecule has 4 bridgehead atoms. The van der Waals surface area contributed by atoms with E-state index >= 15 is 0 Å². The van der Waals surface area contributed by atoms with Crippen molar-refractivity contribution in [2.45, 2.75) is 70.9 Å². The topological polar surface area (TPSA) is 32.3 Å². The standard InChI is InChI=1S/C18H30N2O/c1-12-10-20(11-13(2)19-12)17(21)9-18-6-14-3-15(7-18)5-16(4-14)8-18/h12-16,19H,3-11H2,1-2H3. The van der Waals surface area contributed by atoms with Gasteiger partial charge in [-0.05, 0) is 75.5 Å². The highest BCUT2D eigenvalue weighted by molar-refractivity contribution is 5.77. The maximum absolute atomic E-state index is 12.9. The molecule has 0 aromatic carbocycles. The summed E-state index contributed by atoms with van der Waals surface area (Å²) in [7, 11) is 0. The zero-order chi connectivity index (χ0) is 14.6. The van der Waals surface area contributed by atoms with Gasteiger partial charge in [0.25, 0.3) is 0 Å². The highest BCUT2D eigenvalue weighted by Gasteiger charge is 2.51. The lowest BCUT2D eigenvalue weighted by Gasteiger charge is -2.57. The van der Waals surface area contributed by atoms with Crippen molar-refractivity contribution < 1.29 is 4.79 Å². The lowest BCUT2D eigenvalue weighted by molar-refractivity contribution is -0.141. The Bertz CT molecular complexity index is 388. The molecule has 5 aliphatic rings. The maximum Gasteiger partial charge on any atom is 0.223 e. The molecule has 5 fully saturated rings. The van der Waals surface area contributed by atoms with Crippen LogP contribution in [0.5, 0.6) is 0 Å². The second-order valence-electron chi connectivity index (χ2n) is 8.86. The molecule has 0 aromatic rings. The van der Waals surface area contributed by atoms with Gasteiger partial charge in [-0.2, -0.15) is 0 Å². The van der Waals surface area contributed by atoms with Gasteiger partial charge in [-0.3, -0.25) is 4.79 Å². The van der Waals surface area contributed by atoms with Gasteiger partial charge < -0.3 is 10.2 Å². The van der Waals surface area contributed by atoms with Gasteiger partial charge in [0.05, 0.1) is 0 Å². The van der Waals surface area contributed by atoms with Crippen LogP contribution in [0.25, 0.3) is 0 Å². The average molecular weight is 290 g/mol. The largest absolute Gasteiger partial charge is 0.340 e. The molecular formula is C18H30N2O. The normalized spacial score (nSPS) is 48.7. The van der Waals surface area contributed by atoms with Crippen LogP contribution >= 0.6 is 0 Å². The third-order valence-corrected chi connectivity index (χ3v) is 6.60. The lowest BCUT2D eigenvalue weighted by atomic mass is 9.49. The fourth-order valence-corrected chi connectivity index (χ4v) is 6.47. The number of nitrogens with zero attached hydrogens (tertiary/aromatic N) is 1. The quantitative estimate of drug-likeness (QED) is 0.848. The molecule has 2 atom stereocenters.